The second-order valence-corrected chi connectivity index (χ2v) is 2.98. The van der Waals surface area contributed by atoms with Gasteiger partial charge in [0.15, 0.2) is 0 Å². The van der Waals surface area contributed by atoms with E-state index in [1.807, 2.05) is 20.8 Å². The van der Waals surface area contributed by atoms with Crippen LogP contribution in [0.4, 0.5) is 4.39 Å². The van der Waals surface area contributed by atoms with Gasteiger partial charge in [-0.05, 0) is 12.3 Å². The Kier molecular flexibility index (Phi) is 1.79. The van der Waals surface area contributed by atoms with E-state index in [-0.39, 0.29) is 5.41 Å². The van der Waals surface area contributed by atoms with E-state index < -0.39 is 6.17 Å². The van der Waals surface area contributed by atoms with Crippen LogP contribution >= 0.6 is 0 Å². The molecule has 0 nitrogen and oxygen atoms in total. The molecular formula is C6H13F. The zero-order chi connectivity index (χ0) is 6.08. The highest BCUT2D eigenvalue weighted by Crippen LogP contribution is 2.20. The van der Waals surface area contributed by atoms with Gasteiger partial charge in [0.25, 0.3) is 0 Å². The fourth-order valence-electron chi connectivity index (χ4n) is 0. The minimum Gasteiger partial charge on any atom is -0.247 e. The predicted octanol–water partition coefficient (Wildman–Crippen LogP) is 2.39. The van der Waals surface area contributed by atoms with Crippen molar-refractivity contribution in [3.8, 4) is 0 Å². The van der Waals surface area contributed by atoms with Gasteiger partial charge in [-0.3, -0.25) is 0 Å². The molecule has 0 spiro atoms. The number of halogens is 1. The molecule has 0 bridgehead atoms. The van der Waals surface area contributed by atoms with Gasteiger partial charge in [0.05, 0.1) is 0 Å². The molecule has 0 saturated heterocycles. The van der Waals surface area contributed by atoms with Crippen molar-refractivity contribution in [2.75, 3.05) is 0 Å². The molecule has 0 unspecified atom stereocenters. The maximum absolute atomic E-state index is 12.2. The van der Waals surface area contributed by atoms with Gasteiger partial charge in [-0.1, -0.05) is 20.8 Å². The Labute approximate surface area is 44.7 Å². The first-order valence-electron chi connectivity index (χ1n) is 2.58. The van der Waals surface area contributed by atoms with Gasteiger partial charge in [0.2, 0.25) is 0 Å². The van der Waals surface area contributed by atoms with E-state index in [1.54, 1.807) is 6.92 Å². The summed E-state index contributed by atoms with van der Waals surface area (Å²) in [6, 6.07) is 0. The molecule has 7 heavy (non-hydrogen) atoms. The molecule has 0 aromatic heterocycles. The Morgan fingerprint density at radius 1 is 1.29 bits per heavy atom. The highest BCUT2D eigenvalue weighted by Gasteiger charge is 2.17. The molecule has 0 aliphatic carbocycles. The van der Waals surface area contributed by atoms with Crippen LogP contribution in [0.1, 0.15) is 27.7 Å². The minimum atomic E-state index is -0.701. The Bertz CT molecular complexity index is 49.7. The van der Waals surface area contributed by atoms with Crippen LogP contribution in [0.25, 0.3) is 0 Å². The summed E-state index contributed by atoms with van der Waals surface area (Å²) < 4.78 is 12.2. The van der Waals surface area contributed by atoms with E-state index in [9.17, 15) is 4.39 Å². The quantitative estimate of drug-likeness (QED) is 0.442. The standard InChI is InChI=1S/C6H13F/c1-5(7)6(2,3)4/h5H,1-4H3/t5-/m1/s1. The van der Waals surface area contributed by atoms with Crippen LogP contribution in [0, 0.1) is 5.41 Å². The molecule has 0 fully saturated rings. The van der Waals surface area contributed by atoms with Gasteiger partial charge in [0, 0.05) is 0 Å². The normalized spacial score (nSPS) is 16.7. The smallest absolute Gasteiger partial charge is 0.102 e. The summed E-state index contributed by atoms with van der Waals surface area (Å²) in [6.45, 7) is 7.24. The number of hydrogen-bond acceptors (Lipinski definition) is 0. The highest BCUT2D eigenvalue weighted by molar-refractivity contribution is 4.67. The Morgan fingerprint density at radius 2 is 1.43 bits per heavy atom. The SMILES string of the molecule is C[C@@H](F)C(C)(C)C. The van der Waals surface area contributed by atoms with Gasteiger partial charge < -0.3 is 0 Å². The molecule has 1 heteroatoms. The van der Waals surface area contributed by atoms with E-state index in [2.05, 4.69) is 0 Å². The van der Waals surface area contributed by atoms with E-state index in [4.69, 9.17) is 0 Å². The third-order valence-corrected chi connectivity index (χ3v) is 1.19. The molecule has 0 N–H and O–H groups in total. The van der Waals surface area contributed by atoms with Crippen LogP contribution in [0.5, 0.6) is 0 Å². The fourth-order valence-corrected chi connectivity index (χ4v) is 0. The summed E-state index contributed by atoms with van der Waals surface area (Å²) in [5, 5.41) is 0. The predicted molar refractivity (Wildman–Crippen MR) is 30.0 cm³/mol. The Balaban J connectivity index is 3.54. The molecule has 0 heterocycles. The zero-order valence-corrected chi connectivity index (χ0v) is 5.46. The van der Waals surface area contributed by atoms with Crippen molar-refractivity contribution in [3.63, 3.8) is 0 Å². The van der Waals surface area contributed by atoms with Crippen LogP contribution < -0.4 is 0 Å². The van der Waals surface area contributed by atoms with Gasteiger partial charge in [-0.25, -0.2) is 4.39 Å². The number of alkyl halides is 1. The average molecular weight is 104 g/mol. The van der Waals surface area contributed by atoms with Crippen molar-refractivity contribution in [1.82, 2.24) is 0 Å². The molecule has 0 aromatic carbocycles. The third-order valence-electron chi connectivity index (χ3n) is 1.19. The highest BCUT2D eigenvalue weighted by atomic mass is 19.1. The molecule has 44 valence electrons. The molecular weight excluding hydrogens is 91.1 g/mol. The zero-order valence-electron chi connectivity index (χ0n) is 5.46. The maximum Gasteiger partial charge on any atom is 0.102 e. The fraction of sp³-hybridized carbons (Fsp3) is 1.00. The van der Waals surface area contributed by atoms with E-state index in [0.717, 1.165) is 0 Å². The first-order chi connectivity index (χ1) is 2.94. The lowest BCUT2D eigenvalue weighted by molar-refractivity contribution is 0.182. The van der Waals surface area contributed by atoms with Crippen molar-refractivity contribution in [2.45, 2.75) is 33.9 Å². The Hall–Kier alpha value is -0.0700. The van der Waals surface area contributed by atoms with E-state index >= 15 is 0 Å². The summed E-state index contributed by atoms with van der Waals surface area (Å²) in [7, 11) is 0. The number of hydrogen-bond donors (Lipinski definition) is 0. The monoisotopic (exact) mass is 104 g/mol. The molecule has 0 amide bonds. The third kappa shape index (κ3) is 2.60. The lowest BCUT2D eigenvalue weighted by Gasteiger charge is -2.18. The lowest BCUT2D eigenvalue weighted by Crippen LogP contribution is -2.17. The second kappa shape index (κ2) is 1.81. The Morgan fingerprint density at radius 3 is 1.43 bits per heavy atom. The summed E-state index contributed by atoms with van der Waals surface area (Å²) in [5.41, 5.74) is -0.167. The molecule has 0 aromatic rings. The minimum absolute atomic E-state index is 0.167. The molecule has 0 saturated carbocycles. The van der Waals surface area contributed by atoms with Crippen molar-refractivity contribution >= 4 is 0 Å². The maximum atomic E-state index is 12.2. The van der Waals surface area contributed by atoms with Crippen LogP contribution in [0.2, 0.25) is 0 Å². The largest absolute Gasteiger partial charge is 0.247 e. The van der Waals surface area contributed by atoms with Crippen molar-refractivity contribution in [3.05, 3.63) is 0 Å². The van der Waals surface area contributed by atoms with Crippen LogP contribution in [-0.4, -0.2) is 6.17 Å². The lowest BCUT2D eigenvalue weighted by atomic mass is 9.92. The van der Waals surface area contributed by atoms with Gasteiger partial charge >= 0.3 is 0 Å². The molecule has 0 aliphatic rings. The molecule has 0 aliphatic heterocycles. The van der Waals surface area contributed by atoms with Crippen LogP contribution in [-0.2, 0) is 0 Å². The van der Waals surface area contributed by atoms with Gasteiger partial charge in [0.1, 0.15) is 6.17 Å². The molecule has 1 atom stereocenters. The average Bonchev–Trinajstić information content (AvgIpc) is 1.31. The van der Waals surface area contributed by atoms with Crippen LogP contribution in [0.3, 0.4) is 0 Å². The summed E-state index contributed by atoms with van der Waals surface area (Å²) in [5.74, 6) is 0. The second-order valence-electron chi connectivity index (χ2n) is 2.98. The molecule has 0 rings (SSSR count). The summed E-state index contributed by atoms with van der Waals surface area (Å²) in [4.78, 5) is 0. The summed E-state index contributed by atoms with van der Waals surface area (Å²) >= 11 is 0. The number of rotatable bonds is 0. The first kappa shape index (κ1) is 6.93. The van der Waals surface area contributed by atoms with E-state index in [1.165, 1.54) is 0 Å². The first-order valence-corrected chi connectivity index (χ1v) is 2.58. The topological polar surface area (TPSA) is 0 Å². The van der Waals surface area contributed by atoms with Crippen molar-refractivity contribution < 1.29 is 4.39 Å². The van der Waals surface area contributed by atoms with Gasteiger partial charge in [-0.2, -0.15) is 0 Å². The summed E-state index contributed by atoms with van der Waals surface area (Å²) in [6.07, 6.45) is -0.701. The van der Waals surface area contributed by atoms with Gasteiger partial charge in [-0.15, -0.1) is 0 Å². The van der Waals surface area contributed by atoms with Crippen molar-refractivity contribution in [1.29, 1.82) is 0 Å². The molecule has 0 radical (unpaired) electrons. The van der Waals surface area contributed by atoms with Crippen molar-refractivity contribution in [2.24, 2.45) is 5.41 Å². The van der Waals surface area contributed by atoms with Crippen LogP contribution in [0.15, 0.2) is 0 Å². The van der Waals surface area contributed by atoms with E-state index in [0.29, 0.717) is 0 Å².